The molecule has 2 aliphatic rings. The third-order valence-corrected chi connectivity index (χ3v) is 7.88. The molecule has 0 spiro atoms. The Labute approximate surface area is 202 Å². The van der Waals surface area contributed by atoms with Crippen LogP contribution in [0.3, 0.4) is 0 Å². The van der Waals surface area contributed by atoms with E-state index in [0.29, 0.717) is 29.5 Å². The molecule has 8 nitrogen and oxygen atoms in total. The second-order valence-corrected chi connectivity index (χ2v) is 10.4. The summed E-state index contributed by atoms with van der Waals surface area (Å²) < 4.78 is 5.75. The van der Waals surface area contributed by atoms with Crippen molar-refractivity contribution in [3.63, 3.8) is 0 Å². The van der Waals surface area contributed by atoms with Gasteiger partial charge in [0.05, 0.1) is 18.0 Å². The molecule has 0 radical (unpaired) electrons. The van der Waals surface area contributed by atoms with Crippen molar-refractivity contribution in [2.45, 2.75) is 32.8 Å². The number of amides is 1. The van der Waals surface area contributed by atoms with Crippen LogP contribution in [0.5, 0.6) is 0 Å². The number of aryl methyl sites for hydroxylation is 2. The summed E-state index contributed by atoms with van der Waals surface area (Å²) in [6.07, 6.45) is 2.70. The second-order valence-electron chi connectivity index (χ2n) is 9.22. The molecule has 0 saturated carbocycles. The number of anilines is 1. The van der Waals surface area contributed by atoms with Crippen molar-refractivity contribution in [1.82, 2.24) is 19.8 Å². The fraction of sp³-hybridized carbons (Fsp3) is 0.480. The van der Waals surface area contributed by atoms with Gasteiger partial charge in [-0.25, -0.2) is 4.98 Å². The lowest BCUT2D eigenvalue weighted by Gasteiger charge is -2.35. The molecule has 34 heavy (non-hydrogen) atoms. The minimum atomic E-state index is -0.130. The second kappa shape index (κ2) is 9.95. The van der Waals surface area contributed by atoms with Gasteiger partial charge in [-0.05, 0) is 44.4 Å². The van der Waals surface area contributed by atoms with E-state index in [-0.39, 0.29) is 11.5 Å². The summed E-state index contributed by atoms with van der Waals surface area (Å²) in [5.74, 6) is 0.475. The maximum atomic E-state index is 12.7. The highest BCUT2D eigenvalue weighted by Gasteiger charge is 2.23. The third-order valence-electron chi connectivity index (χ3n) is 6.78. The largest absolute Gasteiger partial charge is 0.377 e. The van der Waals surface area contributed by atoms with E-state index in [1.165, 1.54) is 17.8 Å². The van der Waals surface area contributed by atoms with E-state index in [1.54, 1.807) is 0 Å². The van der Waals surface area contributed by atoms with Crippen LogP contribution in [0, 0.1) is 13.8 Å². The predicted molar refractivity (Wildman–Crippen MR) is 136 cm³/mol. The van der Waals surface area contributed by atoms with Crippen molar-refractivity contribution in [2.75, 3.05) is 51.2 Å². The molecule has 1 aromatic carbocycles. The van der Waals surface area contributed by atoms with E-state index >= 15 is 0 Å². The van der Waals surface area contributed by atoms with E-state index in [0.717, 1.165) is 66.6 Å². The number of carbonyl (C=O) groups excluding carboxylic acids is 1. The molecule has 2 fully saturated rings. The zero-order valence-electron chi connectivity index (χ0n) is 19.7. The maximum absolute atomic E-state index is 12.7. The lowest BCUT2D eigenvalue weighted by molar-refractivity contribution is -0.117. The number of nitrogens with one attached hydrogen (secondary N) is 2. The zero-order valence-corrected chi connectivity index (χ0v) is 20.5. The number of piperazine rings is 1. The van der Waals surface area contributed by atoms with Crippen LogP contribution in [0.2, 0.25) is 0 Å². The van der Waals surface area contributed by atoms with E-state index < -0.39 is 0 Å². The van der Waals surface area contributed by atoms with Crippen molar-refractivity contribution < 1.29 is 9.53 Å². The monoisotopic (exact) mass is 481 g/mol. The number of fused-ring (bicyclic) bond motifs is 1. The van der Waals surface area contributed by atoms with Gasteiger partial charge in [0.2, 0.25) is 5.91 Å². The van der Waals surface area contributed by atoms with Gasteiger partial charge < -0.3 is 15.0 Å². The minimum Gasteiger partial charge on any atom is -0.377 e. The number of rotatable bonds is 6. The van der Waals surface area contributed by atoms with Crippen molar-refractivity contribution in [2.24, 2.45) is 0 Å². The Balaban J connectivity index is 1.19. The highest BCUT2D eigenvalue weighted by molar-refractivity contribution is 7.18. The fourth-order valence-corrected chi connectivity index (χ4v) is 5.78. The van der Waals surface area contributed by atoms with Crippen LogP contribution < -0.4 is 10.9 Å². The summed E-state index contributed by atoms with van der Waals surface area (Å²) in [7, 11) is 0. The molecule has 180 valence electrons. The number of thiophene rings is 1. The van der Waals surface area contributed by atoms with Crippen molar-refractivity contribution in [3.8, 4) is 11.4 Å². The molecular weight excluding hydrogens is 450 g/mol. The number of hydrogen-bond donors (Lipinski definition) is 2. The Hall–Kier alpha value is -2.59. The Morgan fingerprint density at radius 1 is 1.24 bits per heavy atom. The summed E-state index contributed by atoms with van der Waals surface area (Å²) in [6.45, 7) is 9.89. The van der Waals surface area contributed by atoms with E-state index in [1.807, 2.05) is 38.1 Å². The standard InChI is InChI=1S/C25H31N5O3S/c1-16-17(2)34-25-22(16)24(32)27-23(28-25)18-5-3-6-19(13-18)26-21(31)15-30-10-8-29(9-11-30)14-20-7-4-12-33-20/h3,5-6,13,20H,4,7-12,14-15H2,1-2H3,(H,26,31)(H,27,28,32)/t20-/m1/s1. The van der Waals surface area contributed by atoms with Gasteiger partial charge in [-0.15, -0.1) is 11.3 Å². The van der Waals surface area contributed by atoms with Gasteiger partial charge in [-0.2, -0.15) is 0 Å². The number of nitrogens with zero attached hydrogens (tertiary/aromatic N) is 3. The Bertz CT molecular complexity index is 1240. The average Bonchev–Trinajstić information content (AvgIpc) is 3.43. The van der Waals surface area contributed by atoms with E-state index in [9.17, 15) is 9.59 Å². The van der Waals surface area contributed by atoms with Gasteiger partial charge in [-0.3, -0.25) is 19.4 Å². The summed E-state index contributed by atoms with van der Waals surface area (Å²) in [4.78, 5) is 39.4. The molecule has 1 atom stereocenters. The Morgan fingerprint density at radius 3 is 2.79 bits per heavy atom. The predicted octanol–water partition coefficient (Wildman–Crippen LogP) is 3.00. The van der Waals surface area contributed by atoms with E-state index in [4.69, 9.17) is 4.74 Å². The zero-order chi connectivity index (χ0) is 23.7. The van der Waals surface area contributed by atoms with Gasteiger partial charge in [0.25, 0.3) is 5.56 Å². The first kappa shape index (κ1) is 23.2. The van der Waals surface area contributed by atoms with Gasteiger partial charge in [0.1, 0.15) is 10.7 Å². The molecule has 1 amide bonds. The topological polar surface area (TPSA) is 90.6 Å². The number of benzene rings is 1. The molecule has 0 bridgehead atoms. The first-order chi connectivity index (χ1) is 16.5. The molecule has 3 aromatic rings. The highest BCUT2D eigenvalue weighted by Crippen LogP contribution is 2.28. The van der Waals surface area contributed by atoms with Gasteiger partial charge in [0.15, 0.2) is 0 Å². The molecule has 9 heteroatoms. The molecule has 2 saturated heterocycles. The molecule has 2 aromatic heterocycles. The van der Waals surface area contributed by atoms with Gasteiger partial charge in [-0.1, -0.05) is 12.1 Å². The molecule has 5 rings (SSSR count). The summed E-state index contributed by atoms with van der Waals surface area (Å²) in [5.41, 5.74) is 2.31. The maximum Gasteiger partial charge on any atom is 0.260 e. The van der Waals surface area contributed by atoms with Crippen LogP contribution in [0.1, 0.15) is 23.3 Å². The quantitative estimate of drug-likeness (QED) is 0.563. The van der Waals surface area contributed by atoms with Crippen molar-refractivity contribution in [3.05, 3.63) is 45.1 Å². The first-order valence-electron chi connectivity index (χ1n) is 11.9. The first-order valence-corrected chi connectivity index (χ1v) is 12.7. The number of carbonyl (C=O) groups is 1. The average molecular weight is 482 g/mol. The smallest absolute Gasteiger partial charge is 0.260 e. The van der Waals surface area contributed by atoms with Gasteiger partial charge >= 0.3 is 0 Å². The van der Waals surface area contributed by atoms with Crippen LogP contribution in [0.15, 0.2) is 29.1 Å². The molecule has 0 unspecified atom stereocenters. The van der Waals surface area contributed by atoms with Crippen molar-refractivity contribution >= 4 is 33.1 Å². The molecule has 4 heterocycles. The van der Waals surface area contributed by atoms with Crippen LogP contribution in [0.25, 0.3) is 21.6 Å². The molecule has 0 aliphatic carbocycles. The fourth-order valence-electron chi connectivity index (χ4n) is 4.75. The minimum absolute atomic E-state index is 0.0360. The number of hydrogen-bond acceptors (Lipinski definition) is 7. The summed E-state index contributed by atoms with van der Waals surface area (Å²) in [6, 6.07) is 7.47. The SMILES string of the molecule is Cc1sc2nc(-c3cccc(NC(=O)CN4CCN(C[C@H]5CCCO5)CC4)c3)[nH]c(=O)c2c1C. The number of aromatic nitrogens is 2. The van der Waals surface area contributed by atoms with Crippen LogP contribution in [-0.2, 0) is 9.53 Å². The Morgan fingerprint density at radius 2 is 2.03 bits per heavy atom. The molecular formula is C25H31N5O3S. The lowest BCUT2D eigenvalue weighted by atomic mass is 10.1. The van der Waals surface area contributed by atoms with Crippen LogP contribution >= 0.6 is 11.3 Å². The van der Waals surface area contributed by atoms with Crippen LogP contribution in [0.4, 0.5) is 5.69 Å². The molecule has 2 aliphatic heterocycles. The number of aromatic amines is 1. The lowest BCUT2D eigenvalue weighted by Crippen LogP contribution is -2.50. The van der Waals surface area contributed by atoms with Gasteiger partial charge in [0, 0.05) is 55.5 Å². The van der Waals surface area contributed by atoms with Crippen LogP contribution in [-0.4, -0.2) is 77.7 Å². The molecule has 2 N–H and O–H groups in total. The summed E-state index contributed by atoms with van der Waals surface area (Å²) >= 11 is 1.53. The van der Waals surface area contributed by atoms with E-state index in [2.05, 4.69) is 25.1 Å². The Kier molecular flexibility index (Phi) is 6.78. The number of ether oxygens (including phenoxy) is 1. The van der Waals surface area contributed by atoms with Crippen molar-refractivity contribution in [1.29, 1.82) is 0 Å². The highest BCUT2D eigenvalue weighted by atomic mass is 32.1. The normalized spacial score (nSPS) is 19.6. The summed E-state index contributed by atoms with van der Waals surface area (Å²) in [5, 5.41) is 3.66. The number of H-pyrrole nitrogens is 1. The third kappa shape index (κ3) is 5.07.